The van der Waals surface area contributed by atoms with Gasteiger partial charge in [0.25, 0.3) is 17.4 Å². The number of benzene rings is 2. The van der Waals surface area contributed by atoms with Gasteiger partial charge in [0.1, 0.15) is 5.76 Å². The Kier molecular flexibility index (Phi) is 5.98. The fourth-order valence-corrected chi connectivity index (χ4v) is 3.48. The zero-order valence-corrected chi connectivity index (χ0v) is 17.1. The third kappa shape index (κ3) is 4.08. The van der Waals surface area contributed by atoms with Crippen molar-refractivity contribution >= 4 is 23.1 Å². The Morgan fingerprint density at radius 1 is 1.17 bits per heavy atom. The molecule has 1 atom stereocenters. The average Bonchev–Trinajstić information content (AvgIpc) is 2.97. The summed E-state index contributed by atoms with van der Waals surface area (Å²) in [5.74, 6) is -1.80. The van der Waals surface area contributed by atoms with Gasteiger partial charge >= 0.3 is 0 Å². The van der Waals surface area contributed by atoms with Crippen molar-refractivity contribution in [2.45, 2.75) is 13.0 Å². The molecule has 1 aliphatic heterocycles. The second kappa shape index (κ2) is 8.46. The van der Waals surface area contributed by atoms with Crippen molar-refractivity contribution in [1.29, 1.82) is 0 Å². The molecule has 30 heavy (non-hydrogen) atoms. The Bertz CT molecular complexity index is 1030. The molecule has 1 aliphatic rings. The molecule has 3 rings (SSSR count). The number of hydrogen-bond acceptors (Lipinski definition) is 5. The monoisotopic (exact) mass is 410 g/mol. The second-order valence-electron chi connectivity index (χ2n) is 7.67. The molecule has 1 saturated heterocycles. The molecule has 0 unspecified atom stereocenters. The molecule has 2 aromatic rings. The van der Waals surface area contributed by atoms with Gasteiger partial charge in [-0.2, -0.15) is 0 Å². The van der Waals surface area contributed by atoms with Crippen LogP contribution in [-0.4, -0.2) is 53.8 Å². The topological polar surface area (TPSA) is 105 Å². The molecule has 8 nitrogen and oxygen atoms in total. The number of ketones is 1. The molecule has 0 aliphatic carbocycles. The van der Waals surface area contributed by atoms with Gasteiger partial charge in [0.15, 0.2) is 0 Å². The Morgan fingerprint density at radius 3 is 2.43 bits per heavy atom. The number of hydrogen-bond donors (Lipinski definition) is 2. The molecular formula is C22H24N3O5+. The normalized spacial score (nSPS) is 18.3. The Hall–Kier alpha value is -3.52. The van der Waals surface area contributed by atoms with Crippen molar-refractivity contribution in [2.75, 3.05) is 27.2 Å². The number of likely N-dealkylation sites (N-methyl/N-ethyl adjacent to an activating group) is 1. The zero-order valence-electron chi connectivity index (χ0n) is 17.1. The smallest absolute Gasteiger partial charge is 0.295 e. The average molecular weight is 410 g/mol. The first-order valence-corrected chi connectivity index (χ1v) is 9.59. The van der Waals surface area contributed by atoms with Gasteiger partial charge in [0.05, 0.1) is 43.7 Å². The lowest BCUT2D eigenvalue weighted by molar-refractivity contribution is -0.857. The Labute approximate surface area is 174 Å². The summed E-state index contributed by atoms with van der Waals surface area (Å²) in [6.07, 6.45) is 0. The quantitative estimate of drug-likeness (QED) is 0.247. The Balaban J connectivity index is 2.17. The van der Waals surface area contributed by atoms with Gasteiger partial charge in [-0.25, -0.2) is 0 Å². The molecule has 2 N–H and O–H groups in total. The Morgan fingerprint density at radius 2 is 1.83 bits per heavy atom. The predicted molar refractivity (Wildman–Crippen MR) is 111 cm³/mol. The number of rotatable bonds is 6. The van der Waals surface area contributed by atoms with Gasteiger partial charge in [-0.05, 0) is 12.5 Å². The second-order valence-corrected chi connectivity index (χ2v) is 7.67. The van der Waals surface area contributed by atoms with Gasteiger partial charge in [-0.3, -0.25) is 19.7 Å². The number of nitrogens with zero attached hydrogens (tertiary/aromatic N) is 2. The van der Waals surface area contributed by atoms with Crippen LogP contribution in [0.2, 0.25) is 0 Å². The highest BCUT2D eigenvalue weighted by molar-refractivity contribution is 6.46. The highest BCUT2D eigenvalue weighted by Gasteiger charge is 2.46. The maximum atomic E-state index is 12.9. The first-order valence-electron chi connectivity index (χ1n) is 9.59. The van der Waals surface area contributed by atoms with Crippen molar-refractivity contribution in [2.24, 2.45) is 0 Å². The number of carbonyl (C=O) groups excluding carboxylic acids is 2. The molecule has 0 saturated carbocycles. The number of aryl methyl sites for hydroxylation is 1. The minimum absolute atomic E-state index is 0.0573. The largest absolute Gasteiger partial charge is 0.507 e. The van der Waals surface area contributed by atoms with Crippen molar-refractivity contribution in [1.82, 2.24) is 4.90 Å². The van der Waals surface area contributed by atoms with Gasteiger partial charge in [-0.15, -0.1) is 0 Å². The first kappa shape index (κ1) is 21.2. The van der Waals surface area contributed by atoms with Crippen molar-refractivity contribution in [3.8, 4) is 0 Å². The fraction of sp³-hybridized carbons (Fsp3) is 0.273. The van der Waals surface area contributed by atoms with Crippen LogP contribution < -0.4 is 4.90 Å². The molecule has 8 heteroatoms. The van der Waals surface area contributed by atoms with Gasteiger partial charge in [-0.1, -0.05) is 42.0 Å². The molecule has 1 fully saturated rings. The third-order valence-corrected chi connectivity index (χ3v) is 5.11. The molecule has 156 valence electrons. The highest BCUT2D eigenvalue weighted by Crippen LogP contribution is 2.39. The SMILES string of the molecule is Cc1ccc(C(O)=C2C(=O)C(=O)N(CC[NH+](C)C)[C@@H]2c2cccc([N+](=O)[O-])c2)cc1. The molecule has 0 aromatic heterocycles. The third-order valence-electron chi connectivity index (χ3n) is 5.11. The number of amides is 1. The molecule has 2 aromatic carbocycles. The van der Waals surface area contributed by atoms with Crippen LogP contribution in [0.1, 0.15) is 22.7 Å². The standard InChI is InChI=1S/C22H23N3O5/c1-14-7-9-15(10-8-14)20(26)18-19(16-5-4-6-17(13-16)25(29)30)24(12-11-23(2)3)22(28)21(18)27/h4-10,13,19,26H,11-12H2,1-3H3/p+1/t19-/m1/s1. The van der Waals surface area contributed by atoms with E-state index in [1.54, 1.807) is 30.3 Å². The van der Waals surface area contributed by atoms with Crippen LogP contribution in [0.5, 0.6) is 0 Å². The number of carbonyl (C=O) groups is 2. The number of Topliss-reactive ketones (excluding diaryl/α,β-unsaturated/α-hetero) is 1. The van der Waals surface area contributed by atoms with Crippen molar-refractivity contribution in [3.63, 3.8) is 0 Å². The summed E-state index contributed by atoms with van der Waals surface area (Å²) < 4.78 is 0. The number of nitro groups is 1. The number of quaternary nitrogens is 1. The summed E-state index contributed by atoms with van der Waals surface area (Å²) in [6.45, 7) is 2.74. The van der Waals surface area contributed by atoms with Crippen LogP contribution in [0.15, 0.2) is 54.1 Å². The van der Waals surface area contributed by atoms with E-state index in [2.05, 4.69) is 0 Å². The van der Waals surface area contributed by atoms with E-state index in [1.165, 1.54) is 23.1 Å². The van der Waals surface area contributed by atoms with E-state index in [9.17, 15) is 24.8 Å². The molecular weight excluding hydrogens is 386 g/mol. The highest BCUT2D eigenvalue weighted by atomic mass is 16.6. The van der Waals surface area contributed by atoms with Gasteiger partial charge in [0, 0.05) is 17.7 Å². The number of nitrogens with one attached hydrogen (secondary N) is 1. The fourth-order valence-electron chi connectivity index (χ4n) is 3.48. The molecule has 1 heterocycles. The van der Waals surface area contributed by atoms with E-state index in [0.29, 0.717) is 17.7 Å². The number of aliphatic hydroxyl groups excluding tert-OH is 1. The van der Waals surface area contributed by atoms with E-state index < -0.39 is 22.7 Å². The molecule has 0 spiro atoms. The van der Waals surface area contributed by atoms with Crippen LogP contribution in [0, 0.1) is 17.0 Å². The van der Waals surface area contributed by atoms with Crippen molar-refractivity contribution in [3.05, 3.63) is 80.9 Å². The maximum absolute atomic E-state index is 12.9. The summed E-state index contributed by atoms with van der Waals surface area (Å²) in [7, 11) is 3.84. The first-order chi connectivity index (χ1) is 14.2. The number of nitro benzene ring substituents is 1. The van der Waals surface area contributed by atoms with Crippen LogP contribution >= 0.6 is 0 Å². The zero-order chi connectivity index (χ0) is 22.0. The van der Waals surface area contributed by atoms with E-state index >= 15 is 0 Å². The minimum Gasteiger partial charge on any atom is -0.507 e. The summed E-state index contributed by atoms with van der Waals surface area (Å²) in [5.41, 5.74) is 1.60. The lowest BCUT2D eigenvalue weighted by Crippen LogP contribution is -3.06. The van der Waals surface area contributed by atoms with Crippen LogP contribution in [0.4, 0.5) is 5.69 Å². The van der Waals surface area contributed by atoms with E-state index in [-0.39, 0.29) is 23.6 Å². The molecule has 0 bridgehead atoms. The maximum Gasteiger partial charge on any atom is 0.295 e. The van der Waals surface area contributed by atoms with Crippen LogP contribution in [0.3, 0.4) is 0 Å². The summed E-state index contributed by atoms with van der Waals surface area (Å²) in [5, 5.41) is 22.2. The van der Waals surface area contributed by atoms with Gasteiger partial charge in [0.2, 0.25) is 0 Å². The lowest BCUT2D eigenvalue weighted by Gasteiger charge is -2.25. The summed E-state index contributed by atoms with van der Waals surface area (Å²) >= 11 is 0. The van der Waals surface area contributed by atoms with E-state index in [1.807, 2.05) is 21.0 Å². The van der Waals surface area contributed by atoms with E-state index in [4.69, 9.17) is 0 Å². The molecule has 1 amide bonds. The minimum atomic E-state index is -0.898. The predicted octanol–water partition coefficient (Wildman–Crippen LogP) is 1.47. The lowest BCUT2D eigenvalue weighted by atomic mass is 9.94. The molecule has 0 radical (unpaired) electrons. The number of likely N-dealkylation sites (tertiary alicyclic amines) is 1. The van der Waals surface area contributed by atoms with E-state index in [0.717, 1.165) is 10.5 Å². The summed E-state index contributed by atoms with van der Waals surface area (Å²) in [6, 6.07) is 11.9. The summed E-state index contributed by atoms with van der Waals surface area (Å²) in [4.78, 5) is 38.9. The number of aliphatic hydroxyl groups is 1. The van der Waals surface area contributed by atoms with Crippen LogP contribution in [-0.2, 0) is 9.59 Å². The van der Waals surface area contributed by atoms with Crippen LogP contribution in [0.25, 0.3) is 5.76 Å². The number of non-ortho nitro benzene ring substituents is 1. The van der Waals surface area contributed by atoms with Gasteiger partial charge < -0.3 is 14.9 Å². The van der Waals surface area contributed by atoms with Crippen molar-refractivity contribution < 1.29 is 24.5 Å².